The van der Waals surface area contributed by atoms with E-state index in [0.29, 0.717) is 24.7 Å². The molecular weight excluding hydrogens is 302 g/mol. The van der Waals surface area contributed by atoms with Crippen molar-refractivity contribution in [2.45, 2.75) is 12.5 Å². The Bertz CT molecular complexity index is 867. The first-order valence-electron chi connectivity index (χ1n) is 8.02. The first-order chi connectivity index (χ1) is 11.8. The smallest absolute Gasteiger partial charge is 0.272 e. The van der Waals surface area contributed by atoms with Gasteiger partial charge in [-0.05, 0) is 24.3 Å². The quantitative estimate of drug-likeness (QED) is 0.745. The molecule has 0 unspecified atom stereocenters. The molecule has 5 nitrogen and oxygen atoms in total. The molecule has 3 heterocycles. The molecule has 1 saturated heterocycles. The second kappa shape index (κ2) is 6.28. The van der Waals surface area contributed by atoms with E-state index in [1.54, 1.807) is 23.2 Å². The molecule has 3 aromatic rings. The van der Waals surface area contributed by atoms with Crippen molar-refractivity contribution in [3.05, 3.63) is 66.5 Å². The predicted molar refractivity (Wildman–Crippen MR) is 90.9 cm³/mol. The molecule has 0 bridgehead atoms. The van der Waals surface area contributed by atoms with Gasteiger partial charge in [0.05, 0.1) is 12.1 Å². The summed E-state index contributed by atoms with van der Waals surface area (Å²) in [6.07, 6.45) is 2.40. The highest BCUT2D eigenvalue weighted by Crippen LogP contribution is 2.21. The van der Waals surface area contributed by atoms with Crippen LogP contribution in [0.25, 0.3) is 10.9 Å². The number of aromatic nitrogens is 2. The Morgan fingerprint density at radius 1 is 1.08 bits per heavy atom. The van der Waals surface area contributed by atoms with E-state index in [2.05, 4.69) is 9.97 Å². The van der Waals surface area contributed by atoms with Crippen LogP contribution in [0.2, 0.25) is 0 Å². The summed E-state index contributed by atoms with van der Waals surface area (Å²) in [7, 11) is 0. The van der Waals surface area contributed by atoms with Gasteiger partial charge in [-0.25, -0.2) is 4.98 Å². The SMILES string of the molecule is O=C(c1ccccn1)N1CC[C@@H](Oc2ccc3ccccc3n2)C1. The molecule has 1 aliphatic rings. The lowest BCUT2D eigenvalue weighted by atomic mass is 10.2. The van der Waals surface area contributed by atoms with Gasteiger partial charge in [0, 0.05) is 30.6 Å². The average molecular weight is 319 g/mol. The zero-order valence-corrected chi connectivity index (χ0v) is 13.1. The summed E-state index contributed by atoms with van der Waals surface area (Å²) < 4.78 is 5.97. The lowest BCUT2D eigenvalue weighted by Gasteiger charge is -2.16. The summed E-state index contributed by atoms with van der Waals surface area (Å²) >= 11 is 0. The minimum Gasteiger partial charge on any atom is -0.472 e. The van der Waals surface area contributed by atoms with Crippen molar-refractivity contribution < 1.29 is 9.53 Å². The van der Waals surface area contributed by atoms with Crippen LogP contribution >= 0.6 is 0 Å². The number of benzene rings is 1. The number of likely N-dealkylation sites (tertiary alicyclic amines) is 1. The number of carbonyl (C=O) groups is 1. The van der Waals surface area contributed by atoms with Crippen molar-refractivity contribution in [2.24, 2.45) is 0 Å². The Morgan fingerprint density at radius 3 is 2.83 bits per heavy atom. The first kappa shape index (κ1) is 14.6. The summed E-state index contributed by atoms with van der Waals surface area (Å²) in [6.45, 7) is 1.23. The number of amides is 1. The van der Waals surface area contributed by atoms with Crippen LogP contribution in [0.4, 0.5) is 0 Å². The molecule has 0 saturated carbocycles. The number of para-hydroxylation sites is 1. The average Bonchev–Trinajstić information content (AvgIpc) is 3.10. The van der Waals surface area contributed by atoms with Crippen LogP contribution in [0.5, 0.6) is 5.88 Å². The summed E-state index contributed by atoms with van der Waals surface area (Å²) in [4.78, 5) is 22.8. The lowest BCUT2D eigenvalue weighted by molar-refractivity contribution is 0.0765. The maximum absolute atomic E-state index is 12.4. The second-order valence-electron chi connectivity index (χ2n) is 5.84. The molecule has 5 heteroatoms. The monoisotopic (exact) mass is 319 g/mol. The molecule has 2 aromatic heterocycles. The Balaban J connectivity index is 1.44. The highest BCUT2D eigenvalue weighted by atomic mass is 16.5. The van der Waals surface area contributed by atoms with Crippen LogP contribution in [0.3, 0.4) is 0 Å². The third-order valence-electron chi connectivity index (χ3n) is 4.18. The van der Waals surface area contributed by atoms with Gasteiger partial charge >= 0.3 is 0 Å². The van der Waals surface area contributed by atoms with E-state index < -0.39 is 0 Å². The van der Waals surface area contributed by atoms with E-state index in [9.17, 15) is 4.79 Å². The number of hydrogen-bond acceptors (Lipinski definition) is 4. The fourth-order valence-corrected chi connectivity index (χ4v) is 2.94. The third kappa shape index (κ3) is 2.93. The summed E-state index contributed by atoms with van der Waals surface area (Å²) in [5.41, 5.74) is 1.39. The molecule has 0 spiro atoms. The number of nitrogens with zero attached hydrogens (tertiary/aromatic N) is 3. The molecule has 120 valence electrons. The van der Waals surface area contributed by atoms with Crippen molar-refractivity contribution in [1.82, 2.24) is 14.9 Å². The van der Waals surface area contributed by atoms with E-state index in [-0.39, 0.29) is 12.0 Å². The standard InChI is InChI=1S/C19H17N3O2/c23-19(17-7-3-4-11-20-17)22-12-10-15(13-22)24-18-9-8-14-5-1-2-6-16(14)21-18/h1-9,11,15H,10,12-13H2/t15-/m1/s1. The first-order valence-corrected chi connectivity index (χ1v) is 8.02. The molecule has 1 amide bonds. The van der Waals surface area contributed by atoms with Gasteiger partial charge in [0.15, 0.2) is 0 Å². The molecular formula is C19H17N3O2. The number of fused-ring (bicyclic) bond motifs is 1. The Morgan fingerprint density at radius 2 is 1.96 bits per heavy atom. The van der Waals surface area contributed by atoms with Crippen LogP contribution in [0.1, 0.15) is 16.9 Å². The molecule has 24 heavy (non-hydrogen) atoms. The summed E-state index contributed by atoms with van der Waals surface area (Å²) in [6, 6.07) is 17.2. The van der Waals surface area contributed by atoms with E-state index in [4.69, 9.17) is 4.74 Å². The highest BCUT2D eigenvalue weighted by Gasteiger charge is 2.29. The maximum Gasteiger partial charge on any atom is 0.272 e. The Kier molecular flexibility index (Phi) is 3.83. The summed E-state index contributed by atoms with van der Waals surface area (Å²) in [5.74, 6) is 0.555. The molecule has 4 rings (SSSR count). The van der Waals surface area contributed by atoms with Gasteiger partial charge in [0.25, 0.3) is 5.91 Å². The zero-order valence-electron chi connectivity index (χ0n) is 13.1. The summed E-state index contributed by atoms with van der Waals surface area (Å²) in [5, 5.41) is 1.09. The molecule has 1 atom stereocenters. The molecule has 1 aromatic carbocycles. The third-order valence-corrected chi connectivity index (χ3v) is 4.18. The van der Waals surface area contributed by atoms with Gasteiger partial charge in [0.1, 0.15) is 11.8 Å². The fraction of sp³-hybridized carbons (Fsp3) is 0.211. The normalized spacial score (nSPS) is 17.2. The van der Waals surface area contributed by atoms with Gasteiger partial charge in [-0.15, -0.1) is 0 Å². The molecule has 1 fully saturated rings. The number of hydrogen-bond donors (Lipinski definition) is 0. The maximum atomic E-state index is 12.4. The topological polar surface area (TPSA) is 55.3 Å². The van der Waals surface area contributed by atoms with Crippen molar-refractivity contribution >= 4 is 16.8 Å². The fourth-order valence-electron chi connectivity index (χ4n) is 2.94. The minimum absolute atomic E-state index is 0.0358. The van der Waals surface area contributed by atoms with Crippen molar-refractivity contribution in [1.29, 1.82) is 0 Å². The Labute approximate surface area is 139 Å². The van der Waals surface area contributed by atoms with E-state index in [0.717, 1.165) is 17.3 Å². The van der Waals surface area contributed by atoms with E-state index >= 15 is 0 Å². The minimum atomic E-state index is -0.0480. The van der Waals surface area contributed by atoms with E-state index in [1.807, 2.05) is 42.5 Å². The van der Waals surface area contributed by atoms with Crippen LogP contribution in [0, 0.1) is 0 Å². The Hall–Kier alpha value is -2.95. The number of carbonyl (C=O) groups excluding carboxylic acids is 1. The second-order valence-corrected chi connectivity index (χ2v) is 5.84. The lowest BCUT2D eigenvalue weighted by Crippen LogP contribution is -2.31. The van der Waals surface area contributed by atoms with E-state index in [1.165, 1.54) is 0 Å². The van der Waals surface area contributed by atoms with Gasteiger partial charge in [-0.3, -0.25) is 9.78 Å². The van der Waals surface area contributed by atoms with Crippen LogP contribution in [-0.4, -0.2) is 40.0 Å². The largest absolute Gasteiger partial charge is 0.472 e. The van der Waals surface area contributed by atoms with Crippen LogP contribution in [-0.2, 0) is 0 Å². The number of pyridine rings is 2. The number of rotatable bonds is 3. The van der Waals surface area contributed by atoms with Crippen molar-refractivity contribution in [3.63, 3.8) is 0 Å². The van der Waals surface area contributed by atoms with Gasteiger partial charge in [-0.2, -0.15) is 0 Å². The number of ether oxygens (including phenoxy) is 1. The predicted octanol–water partition coefficient (Wildman–Crippen LogP) is 2.92. The zero-order chi connectivity index (χ0) is 16.4. The molecule has 0 aliphatic carbocycles. The van der Waals surface area contributed by atoms with Gasteiger partial charge in [0.2, 0.25) is 5.88 Å². The van der Waals surface area contributed by atoms with Crippen molar-refractivity contribution in [3.8, 4) is 5.88 Å². The van der Waals surface area contributed by atoms with Gasteiger partial charge in [-0.1, -0.05) is 24.3 Å². The van der Waals surface area contributed by atoms with Gasteiger partial charge < -0.3 is 9.64 Å². The van der Waals surface area contributed by atoms with Crippen LogP contribution in [0.15, 0.2) is 60.8 Å². The van der Waals surface area contributed by atoms with Crippen LogP contribution < -0.4 is 4.74 Å². The molecule has 1 aliphatic heterocycles. The molecule has 0 radical (unpaired) electrons. The molecule has 0 N–H and O–H groups in total. The highest BCUT2D eigenvalue weighted by molar-refractivity contribution is 5.92. The van der Waals surface area contributed by atoms with Crippen molar-refractivity contribution in [2.75, 3.05) is 13.1 Å².